The molecule has 0 saturated carbocycles. The first kappa shape index (κ1) is 22.1. The zero-order valence-electron chi connectivity index (χ0n) is 19.2. The molecule has 0 aliphatic carbocycles. The van der Waals surface area contributed by atoms with E-state index in [0.717, 1.165) is 23.2 Å². The molecule has 0 aliphatic rings. The Morgan fingerprint density at radius 1 is 0.676 bits per heavy atom. The first-order valence-electron chi connectivity index (χ1n) is 11.3. The van der Waals surface area contributed by atoms with Gasteiger partial charge < -0.3 is 4.74 Å². The van der Waals surface area contributed by atoms with E-state index in [-0.39, 0.29) is 0 Å². The van der Waals surface area contributed by atoms with Crippen LogP contribution in [0.25, 0.3) is 0 Å². The van der Waals surface area contributed by atoms with Crippen LogP contribution in [0.3, 0.4) is 0 Å². The van der Waals surface area contributed by atoms with E-state index in [1.54, 1.807) is 7.11 Å². The van der Waals surface area contributed by atoms with Crippen LogP contribution in [0.4, 0.5) is 0 Å². The predicted octanol–water partition coefficient (Wildman–Crippen LogP) is 4.83. The van der Waals surface area contributed by atoms with Gasteiger partial charge in [0.25, 0.3) is 0 Å². The molecule has 0 saturated heterocycles. The standard InChI is InChI=1S/C29H27N3OP/c1-33-26-19-17-24(18-20-26)21-32-22-25(30-31-32)23-34(27-11-5-2-6-12-27,28-13-7-3-8-14-28)29-15-9-4-10-16-29/h2-20,22H,21,23H2,1H3/q+1. The first-order valence-corrected chi connectivity index (χ1v) is 13.3. The Morgan fingerprint density at radius 2 is 1.18 bits per heavy atom. The molecular formula is C29H27N3OP+. The first-order chi connectivity index (χ1) is 16.8. The minimum Gasteiger partial charge on any atom is -0.497 e. The molecule has 0 spiro atoms. The van der Waals surface area contributed by atoms with E-state index in [2.05, 4.69) is 120 Å². The Hall–Kier alpha value is -3.75. The molecule has 34 heavy (non-hydrogen) atoms. The molecule has 0 fully saturated rings. The highest BCUT2D eigenvalue weighted by Gasteiger charge is 2.46. The average Bonchev–Trinajstić information content (AvgIpc) is 3.36. The minimum absolute atomic E-state index is 0.671. The molecular weight excluding hydrogens is 437 g/mol. The summed E-state index contributed by atoms with van der Waals surface area (Å²) in [6.07, 6.45) is 2.90. The maximum atomic E-state index is 5.27. The summed E-state index contributed by atoms with van der Waals surface area (Å²) in [5.74, 6) is 0.853. The Balaban J connectivity index is 1.55. The number of ether oxygens (including phenoxy) is 1. The van der Waals surface area contributed by atoms with Crippen molar-refractivity contribution in [1.29, 1.82) is 0 Å². The normalized spacial score (nSPS) is 11.3. The summed E-state index contributed by atoms with van der Waals surface area (Å²) < 4.78 is 7.20. The topological polar surface area (TPSA) is 39.9 Å². The Morgan fingerprint density at radius 3 is 1.65 bits per heavy atom. The van der Waals surface area contributed by atoms with Gasteiger partial charge in [-0.05, 0) is 54.1 Å². The van der Waals surface area contributed by atoms with E-state index in [1.165, 1.54) is 15.9 Å². The van der Waals surface area contributed by atoms with E-state index < -0.39 is 7.26 Å². The average molecular weight is 465 g/mol. The molecule has 0 atom stereocenters. The second kappa shape index (κ2) is 10.0. The van der Waals surface area contributed by atoms with E-state index in [0.29, 0.717) is 6.54 Å². The van der Waals surface area contributed by atoms with Crippen LogP contribution >= 0.6 is 7.26 Å². The van der Waals surface area contributed by atoms with Crippen molar-refractivity contribution in [3.05, 3.63) is 133 Å². The van der Waals surface area contributed by atoms with Crippen molar-refractivity contribution >= 4 is 23.2 Å². The SMILES string of the molecule is COc1ccc(Cn2cc(C[P+](c3ccccc3)(c3ccccc3)c3ccccc3)nn2)cc1. The van der Waals surface area contributed by atoms with Crippen LogP contribution in [0, 0.1) is 0 Å². The molecule has 0 N–H and O–H groups in total. The third kappa shape index (κ3) is 4.50. The number of aromatic nitrogens is 3. The Bertz CT molecular complexity index is 1220. The number of rotatable bonds is 8. The van der Waals surface area contributed by atoms with E-state index in [4.69, 9.17) is 4.74 Å². The quantitative estimate of drug-likeness (QED) is 0.309. The van der Waals surface area contributed by atoms with Crippen LogP contribution in [-0.4, -0.2) is 22.1 Å². The van der Waals surface area contributed by atoms with Crippen LogP contribution < -0.4 is 20.7 Å². The highest BCUT2D eigenvalue weighted by Crippen LogP contribution is 2.57. The second-order valence-corrected chi connectivity index (χ2v) is 11.7. The molecule has 1 aromatic heterocycles. The molecule has 5 aromatic rings. The van der Waals surface area contributed by atoms with Gasteiger partial charge >= 0.3 is 0 Å². The van der Waals surface area contributed by atoms with Crippen molar-refractivity contribution < 1.29 is 4.74 Å². The van der Waals surface area contributed by atoms with Gasteiger partial charge in [0.1, 0.15) is 40.8 Å². The lowest BCUT2D eigenvalue weighted by Crippen LogP contribution is -2.32. The van der Waals surface area contributed by atoms with Crippen molar-refractivity contribution in [3.63, 3.8) is 0 Å². The Kier molecular flexibility index (Phi) is 6.51. The number of nitrogens with zero attached hydrogens (tertiary/aromatic N) is 3. The number of hydrogen-bond acceptors (Lipinski definition) is 3. The molecule has 0 amide bonds. The van der Waals surface area contributed by atoms with Crippen LogP contribution in [-0.2, 0) is 12.7 Å². The smallest absolute Gasteiger partial charge is 0.121 e. The van der Waals surface area contributed by atoms with Gasteiger partial charge in [-0.3, -0.25) is 0 Å². The molecule has 1 heterocycles. The van der Waals surface area contributed by atoms with E-state index in [9.17, 15) is 0 Å². The summed E-state index contributed by atoms with van der Waals surface area (Å²) in [4.78, 5) is 0. The lowest BCUT2D eigenvalue weighted by atomic mass is 10.2. The highest BCUT2D eigenvalue weighted by molar-refractivity contribution is 7.95. The van der Waals surface area contributed by atoms with Crippen LogP contribution in [0.5, 0.6) is 5.75 Å². The predicted molar refractivity (Wildman–Crippen MR) is 141 cm³/mol. The monoisotopic (exact) mass is 464 g/mol. The molecule has 4 nitrogen and oxygen atoms in total. The maximum absolute atomic E-state index is 5.27. The lowest BCUT2D eigenvalue weighted by molar-refractivity contribution is 0.414. The van der Waals surface area contributed by atoms with Crippen molar-refractivity contribution in [3.8, 4) is 5.75 Å². The van der Waals surface area contributed by atoms with Crippen LogP contribution in [0.15, 0.2) is 121 Å². The van der Waals surface area contributed by atoms with Gasteiger partial charge in [0.2, 0.25) is 0 Å². The lowest BCUT2D eigenvalue weighted by Gasteiger charge is -2.26. The fourth-order valence-electron chi connectivity index (χ4n) is 4.42. The van der Waals surface area contributed by atoms with Gasteiger partial charge in [-0.15, -0.1) is 5.10 Å². The van der Waals surface area contributed by atoms with Crippen molar-refractivity contribution in [2.45, 2.75) is 12.7 Å². The van der Waals surface area contributed by atoms with Crippen molar-refractivity contribution in [1.82, 2.24) is 15.0 Å². The van der Waals surface area contributed by atoms with Gasteiger partial charge in [-0.2, -0.15) is 0 Å². The fourth-order valence-corrected chi connectivity index (χ4v) is 8.53. The van der Waals surface area contributed by atoms with E-state index >= 15 is 0 Å². The highest BCUT2D eigenvalue weighted by atomic mass is 31.2. The molecule has 0 bridgehead atoms. The molecule has 5 heteroatoms. The van der Waals surface area contributed by atoms with Gasteiger partial charge in [0.05, 0.1) is 19.9 Å². The van der Waals surface area contributed by atoms with E-state index in [1.807, 2.05) is 16.8 Å². The molecule has 5 rings (SSSR count). The third-order valence-corrected chi connectivity index (χ3v) is 10.4. The number of hydrogen-bond donors (Lipinski definition) is 0. The fraction of sp³-hybridized carbons (Fsp3) is 0.103. The summed E-state index contributed by atoms with van der Waals surface area (Å²) in [6.45, 7) is 0.671. The summed E-state index contributed by atoms with van der Waals surface area (Å²) in [6, 6.07) is 40.7. The number of benzene rings is 4. The summed E-state index contributed by atoms with van der Waals surface area (Å²) in [5, 5.41) is 13.1. The molecule has 0 unspecified atom stereocenters. The van der Waals surface area contributed by atoms with Crippen LogP contribution in [0.2, 0.25) is 0 Å². The van der Waals surface area contributed by atoms with Gasteiger partial charge in [-0.1, -0.05) is 71.9 Å². The number of methoxy groups -OCH3 is 1. The summed E-state index contributed by atoms with van der Waals surface area (Å²) >= 11 is 0. The molecule has 168 valence electrons. The van der Waals surface area contributed by atoms with Gasteiger partial charge in [0.15, 0.2) is 0 Å². The van der Waals surface area contributed by atoms with Crippen LogP contribution in [0.1, 0.15) is 11.3 Å². The van der Waals surface area contributed by atoms with Gasteiger partial charge in [0, 0.05) is 0 Å². The largest absolute Gasteiger partial charge is 0.497 e. The summed E-state index contributed by atoms with van der Waals surface area (Å²) in [7, 11) is -0.306. The minimum atomic E-state index is -1.99. The second-order valence-electron chi connectivity index (χ2n) is 8.23. The van der Waals surface area contributed by atoms with Crippen molar-refractivity contribution in [2.75, 3.05) is 7.11 Å². The third-order valence-electron chi connectivity index (χ3n) is 6.08. The van der Waals surface area contributed by atoms with Gasteiger partial charge in [-0.25, -0.2) is 4.68 Å². The van der Waals surface area contributed by atoms with Crippen molar-refractivity contribution in [2.24, 2.45) is 0 Å². The Labute approximate surface area is 201 Å². The molecule has 0 aliphatic heterocycles. The summed E-state index contributed by atoms with van der Waals surface area (Å²) in [5.41, 5.74) is 2.16. The molecule has 0 radical (unpaired) electrons. The maximum Gasteiger partial charge on any atom is 0.121 e. The molecule has 4 aromatic carbocycles. The zero-order valence-corrected chi connectivity index (χ0v) is 20.1. The zero-order chi connectivity index (χ0) is 23.2.